The van der Waals surface area contributed by atoms with Gasteiger partial charge in [0.05, 0.1) is 6.10 Å². The van der Waals surface area contributed by atoms with Gasteiger partial charge in [0.1, 0.15) is 0 Å². The summed E-state index contributed by atoms with van der Waals surface area (Å²) >= 11 is 0. The average Bonchev–Trinajstić information content (AvgIpc) is 2.47. The van der Waals surface area contributed by atoms with Gasteiger partial charge < -0.3 is 16.2 Å². The first-order chi connectivity index (χ1) is 9.65. The van der Waals surface area contributed by atoms with Crippen LogP contribution in [0.3, 0.4) is 0 Å². The molecule has 112 valence electrons. The molecular formula is C17H28N2O. The van der Waals surface area contributed by atoms with Gasteiger partial charge in [0, 0.05) is 18.6 Å². The molecular weight excluding hydrogens is 248 g/mol. The molecule has 1 aromatic carbocycles. The van der Waals surface area contributed by atoms with Crippen LogP contribution in [0, 0.1) is 5.92 Å². The smallest absolute Gasteiger partial charge is 0.0818 e. The first-order valence-electron chi connectivity index (χ1n) is 7.86. The van der Waals surface area contributed by atoms with Crippen LogP contribution in [-0.2, 0) is 6.42 Å². The van der Waals surface area contributed by atoms with Crippen molar-refractivity contribution in [1.82, 2.24) is 5.32 Å². The summed E-state index contributed by atoms with van der Waals surface area (Å²) in [4.78, 5) is 0. The highest BCUT2D eigenvalue weighted by Crippen LogP contribution is 2.23. The minimum atomic E-state index is -0.477. The van der Waals surface area contributed by atoms with E-state index in [2.05, 4.69) is 24.4 Å². The van der Waals surface area contributed by atoms with E-state index in [0.29, 0.717) is 12.6 Å². The van der Waals surface area contributed by atoms with Gasteiger partial charge in [-0.15, -0.1) is 0 Å². The van der Waals surface area contributed by atoms with Crippen molar-refractivity contribution in [3.8, 4) is 0 Å². The molecule has 2 atom stereocenters. The van der Waals surface area contributed by atoms with Crippen molar-refractivity contribution in [2.24, 2.45) is 11.7 Å². The maximum Gasteiger partial charge on any atom is 0.0818 e. The summed E-state index contributed by atoms with van der Waals surface area (Å²) in [7, 11) is 0. The minimum Gasteiger partial charge on any atom is -0.390 e. The van der Waals surface area contributed by atoms with Gasteiger partial charge in [-0.05, 0) is 43.6 Å². The molecule has 0 bridgehead atoms. The SMILES string of the molecule is CC1CCC(NC[C@@H](O)[C@@H](N)Cc2ccccc2)CC1. The predicted octanol–water partition coefficient (Wildman–Crippen LogP) is 2.09. The van der Waals surface area contributed by atoms with Crippen LogP contribution < -0.4 is 11.1 Å². The van der Waals surface area contributed by atoms with E-state index in [1.807, 2.05) is 18.2 Å². The number of aliphatic hydroxyl groups is 1. The Kier molecular flexibility index (Phi) is 6.02. The van der Waals surface area contributed by atoms with Crippen LogP contribution in [0.15, 0.2) is 30.3 Å². The summed E-state index contributed by atoms with van der Waals surface area (Å²) in [6.07, 6.45) is 5.29. The van der Waals surface area contributed by atoms with E-state index in [1.54, 1.807) is 0 Å². The molecule has 0 radical (unpaired) electrons. The Labute approximate surface area is 122 Å². The van der Waals surface area contributed by atoms with Crippen LogP contribution in [0.2, 0.25) is 0 Å². The van der Waals surface area contributed by atoms with E-state index in [1.165, 1.54) is 31.2 Å². The number of benzene rings is 1. The summed E-state index contributed by atoms with van der Waals surface area (Å²) < 4.78 is 0. The maximum atomic E-state index is 10.2. The van der Waals surface area contributed by atoms with Gasteiger partial charge in [0.25, 0.3) is 0 Å². The Hall–Kier alpha value is -0.900. The van der Waals surface area contributed by atoms with Crippen LogP contribution in [-0.4, -0.2) is 29.8 Å². The molecule has 1 saturated carbocycles. The Morgan fingerprint density at radius 2 is 1.85 bits per heavy atom. The highest BCUT2D eigenvalue weighted by atomic mass is 16.3. The van der Waals surface area contributed by atoms with Crippen LogP contribution in [0.5, 0.6) is 0 Å². The fraction of sp³-hybridized carbons (Fsp3) is 0.647. The number of hydrogen-bond donors (Lipinski definition) is 3. The topological polar surface area (TPSA) is 58.3 Å². The van der Waals surface area contributed by atoms with Gasteiger partial charge in [0.2, 0.25) is 0 Å². The number of hydrogen-bond acceptors (Lipinski definition) is 3. The van der Waals surface area contributed by atoms with E-state index in [9.17, 15) is 5.11 Å². The highest BCUT2D eigenvalue weighted by Gasteiger charge is 2.20. The summed E-state index contributed by atoms with van der Waals surface area (Å²) in [6.45, 7) is 2.92. The summed E-state index contributed by atoms with van der Waals surface area (Å²) in [5.41, 5.74) is 7.28. The second-order valence-corrected chi connectivity index (χ2v) is 6.29. The molecule has 2 rings (SSSR count). The zero-order chi connectivity index (χ0) is 14.4. The molecule has 0 saturated heterocycles. The van der Waals surface area contributed by atoms with Gasteiger partial charge in [-0.3, -0.25) is 0 Å². The van der Waals surface area contributed by atoms with Crippen LogP contribution in [0.4, 0.5) is 0 Å². The molecule has 0 amide bonds. The lowest BCUT2D eigenvalue weighted by molar-refractivity contribution is 0.133. The van der Waals surface area contributed by atoms with Gasteiger partial charge in [-0.2, -0.15) is 0 Å². The van der Waals surface area contributed by atoms with Gasteiger partial charge in [-0.1, -0.05) is 37.3 Å². The first-order valence-corrected chi connectivity index (χ1v) is 7.86. The number of aliphatic hydroxyl groups excluding tert-OH is 1. The monoisotopic (exact) mass is 276 g/mol. The second kappa shape index (κ2) is 7.77. The molecule has 1 fully saturated rings. The lowest BCUT2D eigenvalue weighted by Gasteiger charge is -2.29. The van der Waals surface area contributed by atoms with E-state index in [0.717, 1.165) is 12.3 Å². The summed E-state index contributed by atoms with van der Waals surface area (Å²) in [5, 5.41) is 13.7. The Morgan fingerprint density at radius 1 is 1.20 bits per heavy atom. The predicted molar refractivity (Wildman–Crippen MR) is 83.6 cm³/mol. The van der Waals surface area contributed by atoms with Crippen molar-refractivity contribution in [2.75, 3.05) is 6.54 Å². The van der Waals surface area contributed by atoms with Crippen molar-refractivity contribution in [2.45, 2.75) is 57.2 Å². The third-order valence-corrected chi connectivity index (χ3v) is 4.44. The fourth-order valence-electron chi connectivity index (χ4n) is 2.93. The zero-order valence-electron chi connectivity index (χ0n) is 12.5. The van der Waals surface area contributed by atoms with Crippen LogP contribution in [0.25, 0.3) is 0 Å². The van der Waals surface area contributed by atoms with Crippen molar-refractivity contribution in [1.29, 1.82) is 0 Å². The molecule has 20 heavy (non-hydrogen) atoms. The van der Waals surface area contributed by atoms with E-state index >= 15 is 0 Å². The lowest BCUT2D eigenvalue weighted by atomic mass is 9.87. The molecule has 4 N–H and O–H groups in total. The van der Waals surface area contributed by atoms with Gasteiger partial charge in [-0.25, -0.2) is 0 Å². The number of nitrogens with one attached hydrogen (secondary N) is 1. The normalized spacial score (nSPS) is 26.1. The maximum absolute atomic E-state index is 10.2. The molecule has 3 nitrogen and oxygen atoms in total. The largest absolute Gasteiger partial charge is 0.390 e. The number of rotatable bonds is 6. The molecule has 0 heterocycles. The molecule has 0 unspecified atom stereocenters. The first kappa shape index (κ1) is 15.5. The zero-order valence-corrected chi connectivity index (χ0v) is 12.5. The standard InChI is InChI=1S/C17H28N2O/c1-13-7-9-15(10-8-13)19-12-17(20)16(18)11-14-5-3-2-4-6-14/h2-6,13,15-17,19-20H,7-12,18H2,1H3/t13?,15?,16-,17+/m0/s1. The van der Waals surface area contributed by atoms with E-state index in [4.69, 9.17) is 5.73 Å². The molecule has 1 aromatic rings. The number of nitrogens with two attached hydrogens (primary N) is 1. The molecule has 0 aromatic heterocycles. The van der Waals surface area contributed by atoms with Crippen molar-refractivity contribution in [3.05, 3.63) is 35.9 Å². The molecule has 3 heteroatoms. The highest BCUT2D eigenvalue weighted by molar-refractivity contribution is 5.16. The third kappa shape index (κ3) is 4.89. The van der Waals surface area contributed by atoms with Crippen molar-refractivity contribution in [3.63, 3.8) is 0 Å². The van der Waals surface area contributed by atoms with Crippen LogP contribution >= 0.6 is 0 Å². The Morgan fingerprint density at radius 3 is 2.50 bits per heavy atom. The van der Waals surface area contributed by atoms with Gasteiger partial charge in [0.15, 0.2) is 0 Å². The minimum absolute atomic E-state index is 0.201. The summed E-state index contributed by atoms with van der Waals surface area (Å²) in [5.74, 6) is 0.860. The average molecular weight is 276 g/mol. The molecule has 0 aliphatic heterocycles. The molecule has 1 aliphatic rings. The Balaban J connectivity index is 1.70. The quantitative estimate of drug-likeness (QED) is 0.745. The lowest BCUT2D eigenvalue weighted by Crippen LogP contribution is -2.46. The van der Waals surface area contributed by atoms with Gasteiger partial charge >= 0.3 is 0 Å². The Bertz CT molecular complexity index is 374. The summed E-state index contributed by atoms with van der Waals surface area (Å²) in [6, 6.07) is 10.5. The third-order valence-electron chi connectivity index (χ3n) is 4.44. The van der Waals surface area contributed by atoms with Crippen molar-refractivity contribution < 1.29 is 5.11 Å². The van der Waals surface area contributed by atoms with Crippen LogP contribution in [0.1, 0.15) is 38.2 Å². The fourth-order valence-corrected chi connectivity index (χ4v) is 2.93. The molecule has 0 spiro atoms. The molecule has 1 aliphatic carbocycles. The van der Waals surface area contributed by atoms with E-state index in [-0.39, 0.29) is 6.04 Å². The van der Waals surface area contributed by atoms with E-state index < -0.39 is 6.10 Å². The second-order valence-electron chi connectivity index (χ2n) is 6.29. The van der Waals surface area contributed by atoms with Crippen molar-refractivity contribution >= 4 is 0 Å².